The predicted molar refractivity (Wildman–Crippen MR) is 127 cm³/mol. The first-order valence-electron chi connectivity index (χ1n) is 10.9. The summed E-state index contributed by atoms with van der Waals surface area (Å²) in [4.78, 5) is 28.6. The number of amides is 1. The minimum absolute atomic E-state index is 0.0442. The SMILES string of the molecule is Cc1nnc(N2C(=O)c3oc4ccccc4c(=O)c3[C@H]2c2cccc(OCCC(C)C)c2)s1. The summed E-state index contributed by atoms with van der Waals surface area (Å²) in [6.07, 6.45) is 0.931. The Labute approximate surface area is 194 Å². The van der Waals surface area contributed by atoms with Crippen molar-refractivity contribution in [1.29, 1.82) is 0 Å². The molecule has 1 aliphatic heterocycles. The smallest absolute Gasteiger partial charge is 0.297 e. The molecule has 2 aromatic heterocycles. The molecule has 0 unspecified atom stereocenters. The molecule has 0 N–H and O–H groups in total. The van der Waals surface area contributed by atoms with Crippen LogP contribution < -0.4 is 15.1 Å². The fraction of sp³-hybridized carbons (Fsp3) is 0.280. The largest absolute Gasteiger partial charge is 0.494 e. The number of aryl methyl sites for hydroxylation is 1. The average molecular weight is 462 g/mol. The molecule has 0 aliphatic carbocycles. The summed E-state index contributed by atoms with van der Waals surface area (Å²) in [5.41, 5.74) is 1.22. The third-order valence-corrected chi connectivity index (χ3v) is 6.47. The van der Waals surface area contributed by atoms with Gasteiger partial charge in [0.15, 0.2) is 5.43 Å². The van der Waals surface area contributed by atoms with Gasteiger partial charge in [0.2, 0.25) is 10.9 Å². The lowest BCUT2D eigenvalue weighted by Crippen LogP contribution is -2.29. The Bertz CT molecular complexity index is 1410. The number of benzene rings is 2. The van der Waals surface area contributed by atoms with Crippen LogP contribution in [0.2, 0.25) is 0 Å². The van der Waals surface area contributed by atoms with E-state index in [-0.39, 0.29) is 11.2 Å². The number of rotatable bonds is 6. The van der Waals surface area contributed by atoms with Crippen molar-refractivity contribution < 1.29 is 13.9 Å². The predicted octanol–water partition coefficient (Wildman–Crippen LogP) is 5.13. The lowest BCUT2D eigenvalue weighted by Gasteiger charge is -2.22. The molecule has 168 valence electrons. The topological polar surface area (TPSA) is 85.5 Å². The van der Waals surface area contributed by atoms with Crippen molar-refractivity contribution in [3.05, 3.63) is 80.6 Å². The van der Waals surface area contributed by atoms with Crippen molar-refractivity contribution in [2.45, 2.75) is 33.2 Å². The molecular formula is C25H23N3O4S. The summed E-state index contributed by atoms with van der Waals surface area (Å²) in [5, 5.41) is 9.86. The van der Waals surface area contributed by atoms with Crippen LogP contribution in [0.5, 0.6) is 5.75 Å². The van der Waals surface area contributed by atoms with E-state index in [1.165, 1.54) is 16.2 Å². The van der Waals surface area contributed by atoms with E-state index in [0.717, 1.165) is 17.0 Å². The Balaban J connectivity index is 1.66. The zero-order chi connectivity index (χ0) is 23.1. The van der Waals surface area contributed by atoms with E-state index in [1.807, 2.05) is 31.2 Å². The third-order valence-electron chi connectivity index (χ3n) is 5.64. The number of nitrogens with zero attached hydrogens (tertiary/aromatic N) is 3. The van der Waals surface area contributed by atoms with Gasteiger partial charge in [0.25, 0.3) is 5.91 Å². The van der Waals surface area contributed by atoms with Crippen LogP contribution in [0.25, 0.3) is 11.0 Å². The number of hydrogen-bond donors (Lipinski definition) is 0. The van der Waals surface area contributed by atoms with Crippen LogP contribution in [0.4, 0.5) is 5.13 Å². The Morgan fingerprint density at radius 1 is 1.12 bits per heavy atom. The van der Waals surface area contributed by atoms with Crippen LogP contribution in [0.1, 0.15) is 53.0 Å². The summed E-state index contributed by atoms with van der Waals surface area (Å²) in [6, 6.07) is 13.8. The second-order valence-corrected chi connectivity index (χ2v) is 9.62. The Morgan fingerprint density at radius 3 is 2.70 bits per heavy atom. The number of carbonyl (C=O) groups is 1. The van der Waals surface area contributed by atoms with Crippen molar-refractivity contribution >= 4 is 33.3 Å². The van der Waals surface area contributed by atoms with Crippen LogP contribution in [-0.4, -0.2) is 22.7 Å². The molecule has 0 fully saturated rings. The summed E-state index contributed by atoms with van der Waals surface area (Å²) in [7, 11) is 0. The van der Waals surface area contributed by atoms with Gasteiger partial charge in [0.05, 0.1) is 23.6 Å². The van der Waals surface area contributed by atoms with Gasteiger partial charge in [-0.2, -0.15) is 0 Å². The Kier molecular flexibility index (Phi) is 5.46. The number of hydrogen-bond acceptors (Lipinski definition) is 7. The van der Waals surface area contributed by atoms with Gasteiger partial charge in [0, 0.05) is 0 Å². The van der Waals surface area contributed by atoms with Gasteiger partial charge in [-0.1, -0.05) is 49.4 Å². The fourth-order valence-corrected chi connectivity index (χ4v) is 4.72. The van der Waals surface area contributed by atoms with Gasteiger partial charge in [0.1, 0.15) is 16.3 Å². The second kappa shape index (κ2) is 8.44. The Hall–Kier alpha value is -3.52. The highest BCUT2D eigenvalue weighted by molar-refractivity contribution is 7.15. The fourth-order valence-electron chi connectivity index (χ4n) is 4.00. The van der Waals surface area contributed by atoms with Crippen molar-refractivity contribution in [2.24, 2.45) is 5.92 Å². The van der Waals surface area contributed by atoms with Gasteiger partial charge in [-0.25, -0.2) is 0 Å². The molecule has 33 heavy (non-hydrogen) atoms. The highest BCUT2D eigenvalue weighted by Crippen LogP contribution is 2.42. The molecule has 0 saturated heterocycles. The van der Waals surface area contributed by atoms with Crippen LogP contribution >= 0.6 is 11.3 Å². The average Bonchev–Trinajstić information content (AvgIpc) is 3.35. The number of ether oxygens (including phenoxy) is 1. The van der Waals surface area contributed by atoms with Gasteiger partial charge in [-0.3, -0.25) is 14.5 Å². The van der Waals surface area contributed by atoms with Crippen LogP contribution in [0.3, 0.4) is 0 Å². The van der Waals surface area contributed by atoms with Crippen molar-refractivity contribution in [1.82, 2.24) is 10.2 Å². The van der Waals surface area contributed by atoms with Gasteiger partial charge < -0.3 is 9.15 Å². The summed E-state index contributed by atoms with van der Waals surface area (Å²) < 4.78 is 11.9. The monoisotopic (exact) mass is 461 g/mol. The highest BCUT2D eigenvalue weighted by Gasteiger charge is 2.45. The van der Waals surface area contributed by atoms with E-state index >= 15 is 0 Å². The van der Waals surface area contributed by atoms with Crippen LogP contribution in [-0.2, 0) is 0 Å². The Morgan fingerprint density at radius 2 is 1.94 bits per heavy atom. The standard InChI is InChI=1S/C25H23N3O4S/c1-14(2)11-12-31-17-8-6-7-16(13-17)21-20-22(29)18-9-4-5-10-19(18)32-23(20)24(30)28(21)25-27-26-15(3)33-25/h4-10,13-14,21H,11-12H2,1-3H3/t21-/m1/s1. The second-order valence-electron chi connectivity index (χ2n) is 8.45. The number of aromatic nitrogens is 2. The lowest BCUT2D eigenvalue weighted by molar-refractivity contribution is 0.0970. The first-order valence-corrected chi connectivity index (χ1v) is 11.7. The molecule has 3 heterocycles. The number of para-hydroxylation sites is 1. The summed E-state index contributed by atoms with van der Waals surface area (Å²) in [5.74, 6) is 0.858. The van der Waals surface area contributed by atoms with Gasteiger partial charge in [-0.05, 0) is 49.1 Å². The number of fused-ring (bicyclic) bond motifs is 2. The molecule has 1 atom stereocenters. The maximum atomic E-state index is 13.6. The first-order chi connectivity index (χ1) is 15.9. The summed E-state index contributed by atoms with van der Waals surface area (Å²) in [6.45, 7) is 6.71. The van der Waals surface area contributed by atoms with E-state index in [0.29, 0.717) is 39.9 Å². The lowest BCUT2D eigenvalue weighted by atomic mass is 9.98. The zero-order valence-electron chi connectivity index (χ0n) is 18.6. The van der Waals surface area contributed by atoms with E-state index < -0.39 is 11.9 Å². The third kappa shape index (κ3) is 3.80. The van der Waals surface area contributed by atoms with Crippen LogP contribution in [0, 0.1) is 12.8 Å². The molecule has 1 aliphatic rings. The zero-order valence-corrected chi connectivity index (χ0v) is 19.4. The molecule has 2 aromatic carbocycles. The van der Waals surface area contributed by atoms with Crippen molar-refractivity contribution in [3.8, 4) is 5.75 Å². The molecule has 7 nitrogen and oxygen atoms in total. The van der Waals surface area contributed by atoms with Gasteiger partial charge >= 0.3 is 0 Å². The maximum absolute atomic E-state index is 13.6. The maximum Gasteiger partial charge on any atom is 0.297 e. The molecule has 4 aromatic rings. The number of anilines is 1. The van der Waals surface area contributed by atoms with Gasteiger partial charge in [-0.15, -0.1) is 10.2 Å². The molecule has 0 radical (unpaired) electrons. The molecule has 5 rings (SSSR count). The summed E-state index contributed by atoms with van der Waals surface area (Å²) >= 11 is 1.30. The van der Waals surface area contributed by atoms with E-state index in [1.54, 1.807) is 24.3 Å². The van der Waals surface area contributed by atoms with Crippen molar-refractivity contribution in [3.63, 3.8) is 0 Å². The number of carbonyl (C=O) groups excluding carboxylic acids is 1. The molecule has 1 amide bonds. The van der Waals surface area contributed by atoms with E-state index in [9.17, 15) is 9.59 Å². The minimum atomic E-state index is -0.686. The quantitative estimate of drug-likeness (QED) is 0.396. The van der Waals surface area contributed by atoms with E-state index in [2.05, 4.69) is 24.0 Å². The molecule has 0 spiro atoms. The van der Waals surface area contributed by atoms with E-state index in [4.69, 9.17) is 9.15 Å². The molecule has 8 heteroatoms. The van der Waals surface area contributed by atoms with Crippen LogP contribution in [0.15, 0.2) is 57.7 Å². The molecule has 0 bridgehead atoms. The highest BCUT2D eigenvalue weighted by atomic mass is 32.1. The first kappa shape index (κ1) is 21.3. The van der Waals surface area contributed by atoms with Crippen molar-refractivity contribution in [2.75, 3.05) is 11.5 Å². The normalized spacial score (nSPS) is 15.5. The molecular weight excluding hydrogens is 438 g/mol. The molecule has 0 saturated carbocycles. The minimum Gasteiger partial charge on any atom is -0.494 e.